The minimum absolute atomic E-state index is 0.0328. The molecule has 2 heterocycles. The lowest BCUT2D eigenvalue weighted by Gasteiger charge is -2.47. The van der Waals surface area contributed by atoms with Crippen molar-refractivity contribution < 1.29 is 19.0 Å². The van der Waals surface area contributed by atoms with E-state index in [4.69, 9.17) is 14.2 Å². The summed E-state index contributed by atoms with van der Waals surface area (Å²) in [5.74, 6) is 3.19. The van der Waals surface area contributed by atoms with Gasteiger partial charge in [0, 0.05) is 25.6 Å². The fraction of sp³-hybridized carbons (Fsp3) is 0.731. The number of benzene rings is 1. The van der Waals surface area contributed by atoms with Crippen LogP contribution in [0.1, 0.15) is 76.5 Å². The molecule has 0 bridgehead atoms. The van der Waals surface area contributed by atoms with E-state index in [0.717, 1.165) is 56.7 Å². The summed E-state index contributed by atoms with van der Waals surface area (Å²) in [5, 5.41) is 0. The van der Waals surface area contributed by atoms with E-state index in [1.807, 2.05) is 0 Å². The van der Waals surface area contributed by atoms with Gasteiger partial charge in [0.15, 0.2) is 11.5 Å². The Morgan fingerprint density at radius 1 is 1.13 bits per heavy atom. The van der Waals surface area contributed by atoms with Gasteiger partial charge < -0.3 is 14.2 Å². The number of hydrogen-bond donors (Lipinski definition) is 0. The molecule has 1 fully saturated rings. The molecule has 0 aromatic heterocycles. The molecule has 174 valence electrons. The molecule has 0 N–H and O–H groups in total. The van der Waals surface area contributed by atoms with Crippen LogP contribution in [0.4, 0.5) is 0 Å². The highest BCUT2D eigenvalue weighted by molar-refractivity contribution is 5.69. The Morgan fingerprint density at radius 2 is 1.87 bits per heavy atom. The van der Waals surface area contributed by atoms with Crippen LogP contribution in [0.3, 0.4) is 0 Å². The Hall–Kier alpha value is -1.75. The number of piperidine rings is 1. The zero-order chi connectivity index (χ0) is 22.4. The van der Waals surface area contributed by atoms with Crippen molar-refractivity contribution in [1.29, 1.82) is 0 Å². The first kappa shape index (κ1) is 23.9. The summed E-state index contributed by atoms with van der Waals surface area (Å²) in [4.78, 5) is 14.9. The third kappa shape index (κ3) is 5.94. The minimum Gasteiger partial charge on any atom is -0.493 e. The average molecular weight is 432 g/mol. The number of carbonyl (C=O) groups is 1. The van der Waals surface area contributed by atoms with Crippen LogP contribution >= 0.6 is 0 Å². The second-order valence-corrected chi connectivity index (χ2v) is 9.69. The Morgan fingerprint density at radius 3 is 2.55 bits per heavy atom. The van der Waals surface area contributed by atoms with Crippen LogP contribution in [0.15, 0.2) is 12.1 Å². The molecule has 1 aromatic carbocycles. The van der Waals surface area contributed by atoms with Gasteiger partial charge >= 0.3 is 5.97 Å². The zero-order valence-corrected chi connectivity index (χ0v) is 20.1. The molecule has 31 heavy (non-hydrogen) atoms. The first-order valence-corrected chi connectivity index (χ1v) is 12.1. The Bertz CT molecular complexity index is 732. The van der Waals surface area contributed by atoms with Crippen LogP contribution in [0.25, 0.3) is 0 Å². The molecule has 1 aromatic rings. The molecule has 5 nitrogen and oxygen atoms in total. The highest BCUT2D eigenvalue weighted by Crippen LogP contribution is 2.45. The normalized spacial score (nSPS) is 23.2. The Labute approximate surface area is 188 Å². The second-order valence-electron chi connectivity index (χ2n) is 9.69. The molecule has 0 saturated carbocycles. The zero-order valence-electron chi connectivity index (χ0n) is 20.1. The molecular weight excluding hydrogens is 390 g/mol. The van der Waals surface area contributed by atoms with Gasteiger partial charge in [-0.2, -0.15) is 0 Å². The summed E-state index contributed by atoms with van der Waals surface area (Å²) in [5.41, 5.74) is 2.71. The van der Waals surface area contributed by atoms with E-state index in [2.05, 4.69) is 37.8 Å². The molecular formula is C26H41NO4. The van der Waals surface area contributed by atoms with Crippen molar-refractivity contribution in [2.75, 3.05) is 33.9 Å². The van der Waals surface area contributed by atoms with Gasteiger partial charge in [-0.25, -0.2) is 0 Å². The number of rotatable bonds is 10. The molecule has 0 spiro atoms. The monoisotopic (exact) mass is 431 g/mol. The van der Waals surface area contributed by atoms with Gasteiger partial charge in [-0.15, -0.1) is 0 Å². The number of esters is 1. The number of methoxy groups -OCH3 is 2. The molecule has 2 aliphatic rings. The van der Waals surface area contributed by atoms with Gasteiger partial charge in [-0.1, -0.05) is 33.6 Å². The van der Waals surface area contributed by atoms with E-state index in [1.54, 1.807) is 14.2 Å². The van der Waals surface area contributed by atoms with E-state index in [9.17, 15) is 4.79 Å². The molecule has 0 amide bonds. The molecule has 3 atom stereocenters. The molecule has 1 saturated heterocycles. The lowest BCUT2D eigenvalue weighted by atomic mass is 9.74. The van der Waals surface area contributed by atoms with Gasteiger partial charge in [0.2, 0.25) is 0 Å². The van der Waals surface area contributed by atoms with E-state index in [1.165, 1.54) is 17.5 Å². The van der Waals surface area contributed by atoms with Crippen LogP contribution in [0, 0.1) is 17.8 Å². The van der Waals surface area contributed by atoms with Gasteiger partial charge in [0.1, 0.15) is 0 Å². The van der Waals surface area contributed by atoms with Crippen molar-refractivity contribution in [1.82, 2.24) is 4.90 Å². The fourth-order valence-corrected chi connectivity index (χ4v) is 5.37. The van der Waals surface area contributed by atoms with Crippen LogP contribution in [0.5, 0.6) is 11.5 Å². The van der Waals surface area contributed by atoms with Crippen molar-refractivity contribution in [3.8, 4) is 11.5 Å². The van der Waals surface area contributed by atoms with Crippen LogP contribution in [-0.4, -0.2) is 44.8 Å². The predicted molar refractivity (Wildman–Crippen MR) is 124 cm³/mol. The minimum atomic E-state index is -0.0328. The average Bonchev–Trinajstić information content (AvgIpc) is 2.76. The van der Waals surface area contributed by atoms with Crippen LogP contribution in [0.2, 0.25) is 0 Å². The number of unbranched alkanes of at least 4 members (excludes halogenated alkanes) is 2. The summed E-state index contributed by atoms with van der Waals surface area (Å²) in [7, 11) is 3.40. The lowest BCUT2D eigenvalue weighted by Crippen LogP contribution is -2.47. The van der Waals surface area contributed by atoms with Crippen molar-refractivity contribution in [3.63, 3.8) is 0 Å². The highest BCUT2D eigenvalue weighted by atomic mass is 16.5. The maximum Gasteiger partial charge on any atom is 0.305 e. The molecule has 0 aliphatic carbocycles. The highest BCUT2D eigenvalue weighted by Gasteiger charge is 2.40. The lowest BCUT2D eigenvalue weighted by molar-refractivity contribution is -0.147. The fourth-order valence-electron chi connectivity index (χ4n) is 5.37. The van der Waals surface area contributed by atoms with Crippen LogP contribution in [-0.2, 0) is 16.0 Å². The Kier molecular flexibility index (Phi) is 8.65. The summed E-state index contributed by atoms with van der Waals surface area (Å²) in [6.45, 7) is 9.45. The van der Waals surface area contributed by atoms with Gasteiger partial charge in [-0.05, 0) is 66.7 Å². The maximum absolute atomic E-state index is 12.3. The maximum atomic E-state index is 12.3. The number of hydrogen-bond acceptors (Lipinski definition) is 5. The first-order valence-electron chi connectivity index (χ1n) is 12.1. The van der Waals surface area contributed by atoms with Gasteiger partial charge in [0.25, 0.3) is 0 Å². The first-order chi connectivity index (χ1) is 15.0. The summed E-state index contributed by atoms with van der Waals surface area (Å²) in [6.07, 6.45) is 6.94. The van der Waals surface area contributed by atoms with Gasteiger partial charge in [0.05, 0.1) is 20.8 Å². The molecule has 3 unspecified atom stereocenters. The smallest absolute Gasteiger partial charge is 0.305 e. The van der Waals surface area contributed by atoms with Crippen molar-refractivity contribution in [3.05, 3.63) is 23.3 Å². The number of carbonyl (C=O) groups excluding carboxylic acids is 1. The van der Waals surface area contributed by atoms with E-state index < -0.39 is 0 Å². The van der Waals surface area contributed by atoms with Crippen molar-refractivity contribution in [2.45, 2.75) is 71.8 Å². The van der Waals surface area contributed by atoms with Crippen molar-refractivity contribution >= 4 is 5.97 Å². The molecule has 5 heteroatoms. The van der Waals surface area contributed by atoms with Crippen molar-refractivity contribution in [2.24, 2.45) is 17.8 Å². The quantitative estimate of drug-likeness (QED) is 0.366. The number of ether oxygens (including phenoxy) is 3. The Balaban J connectivity index is 1.75. The third-order valence-electron chi connectivity index (χ3n) is 6.99. The van der Waals surface area contributed by atoms with Gasteiger partial charge in [-0.3, -0.25) is 9.69 Å². The summed E-state index contributed by atoms with van der Waals surface area (Å²) < 4.78 is 16.9. The third-order valence-corrected chi connectivity index (χ3v) is 6.99. The predicted octanol–water partition coefficient (Wildman–Crippen LogP) is 5.41. The van der Waals surface area contributed by atoms with E-state index in [0.29, 0.717) is 36.8 Å². The second kappa shape index (κ2) is 11.2. The largest absolute Gasteiger partial charge is 0.493 e. The standard InChI is InChI=1S/C26H41NO4/c1-6-7-8-9-26(28)31-17-21-13-23-22-15-25(30-5)24(29-4)14-19(22)10-11-27(23)16-20(21)12-18(2)3/h14-15,18,20-21,23H,6-13,16-17H2,1-5H3. The molecule has 0 radical (unpaired) electrons. The summed E-state index contributed by atoms with van der Waals surface area (Å²) in [6, 6.07) is 4.67. The number of fused-ring (bicyclic) bond motifs is 3. The number of nitrogens with zero attached hydrogens (tertiary/aromatic N) is 1. The van der Waals surface area contributed by atoms with Crippen LogP contribution < -0.4 is 9.47 Å². The summed E-state index contributed by atoms with van der Waals surface area (Å²) >= 11 is 0. The molecule has 2 aliphatic heterocycles. The van der Waals surface area contributed by atoms with E-state index >= 15 is 0 Å². The molecule has 3 rings (SSSR count). The SMILES string of the molecule is CCCCCC(=O)OCC1CC2c3cc(OC)c(OC)cc3CCN2CC1CC(C)C. The van der Waals surface area contributed by atoms with E-state index in [-0.39, 0.29) is 5.97 Å². The topological polar surface area (TPSA) is 48.0 Å².